The van der Waals surface area contributed by atoms with Crippen molar-refractivity contribution >= 4 is 17.9 Å². The first-order valence-electron chi connectivity index (χ1n) is 10.8. The number of esters is 3. The van der Waals surface area contributed by atoms with E-state index in [-0.39, 0.29) is 32.7 Å². The maximum Gasteiger partial charge on any atom is 0.308 e. The lowest BCUT2D eigenvalue weighted by molar-refractivity contribution is -0.241. The van der Waals surface area contributed by atoms with Crippen LogP contribution >= 0.6 is 0 Å². The molecule has 0 radical (unpaired) electrons. The van der Waals surface area contributed by atoms with Crippen LogP contribution in [0.15, 0.2) is 11.6 Å². The molecular formula is C22H30O10. The zero-order valence-electron chi connectivity index (χ0n) is 18.7. The summed E-state index contributed by atoms with van der Waals surface area (Å²) in [4.78, 5) is 36.0. The van der Waals surface area contributed by atoms with E-state index in [2.05, 4.69) is 0 Å². The Morgan fingerprint density at radius 2 is 1.91 bits per heavy atom. The van der Waals surface area contributed by atoms with Gasteiger partial charge in [-0.15, -0.1) is 0 Å². The van der Waals surface area contributed by atoms with Gasteiger partial charge in [-0.2, -0.15) is 0 Å². The summed E-state index contributed by atoms with van der Waals surface area (Å²) in [6.45, 7) is 6.06. The van der Waals surface area contributed by atoms with E-state index in [4.69, 9.17) is 28.8 Å². The number of hydrogen-bond donors (Lipinski definition) is 2. The Morgan fingerprint density at radius 3 is 2.47 bits per heavy atom. The van der Waals surface area contributed by atoms with Crippen LogP contribution in [-0.4, -0.2) is 84.1 Å². The molecule has 0 aromatic heterocycles. The Hall–Kier alpha value is -2.01. The van der Waals surface area contributed by atoms with Gasteiger partial charge in [-0.05, 0) is 12.5 Å². The number of aliphatic hydroxyl groups is 2. The molecule has 0 aromatic carbocycles. The summed E-state index contributed by atoms with van der Waals surface area (Å²) >= 11 is 0. The largest absolute Gasteiger partial charge is 0.465 e. The number of fused-ring (bicyclic) bond motifs is 2. The average Bonchev–Trinajstić information content (AvgIpc) is 3.49. The molecule has 3 fully saturated rings. The molecule has 2 aliphatic carbocycles. The summed E-state index contributed by atoms with van der Waals surface area (Å²) in [5.74, 6) is -1.63. The zero-order chi connectivity index (χ0) is 23.5. The summed E-state index contributed by atoms with van der Waals surface area (Å²) in [7, 11) is 0. The van der Waals surface area contributed by atoms with Crippen LogP contribution in [0.5, 0.6) is 0 Å². The molecule has 10 heteroatoms. The smallest absolute Gasteiger partial charge is 0.308 e. The van der Waals surface area contributed by atoms with Crippen molar-refractivity contribution in [1.29, 1.82) is 0 Å². The summed E-state index contributed by atoms with van der Waals surface area (Å²) in [5, 5.41) is 20.2. The highest BCUT2D eigenvalue weighted by atomic mass is 16.7. The number of aliphatic hydroxyl groups excluding tert-OH is 2. The van der Waals surface area contributed by atoms with Crippen LogP contribution in [0.3, 0.4) is 0 Å². The van der Waals surface area contributed by atoms with E-state index in [0.29, 0.717) is 0 Å². The zero-order valence-corrected chi connectivity index (χ0v) is 18.7. The molecule has 2 saturated heterocycles. The number of ether oxygens (including phenoxy) is 5. The van der Waals surface area contributed by atoms with Crippen LogP contribution in [-0.2, 0) is 38.1 Å². The fourth-order valence-corrected chi connectivity index (χ4v) is 6.03. The molecule has 0 amide bonds. The van der Waals surface area contributed by atoms with Crippen LogP contribution in [0.25, 0.3) is 0 Å². The van der Waals surface area contributed by atoms with Crippen molar-refractivity contribution in [3.05, 3.63) is 11.6 Å². The molecule has 4 aliphatic rings. The number of epoxide rings is 1. The molecular weight excluding hydrogens is 424 g/mol. The lowest BCUT2D eigenvalue weighted by Gasteiger charge is -2.58. The fourth-order valence-electron chi connectivity index (χ4n) is 6.03. The molecule has 178 valence electrons. The van der Waals surface area contributed by atoms with Gasteiger partial charge in [0.15, 0.2) is 0 Å². The highest BCUT2D eigenvalue weighted by Crippen LogP contribution is 2.72. The Labute approximate surface area is 185 Å². The first kappa shape index (κ1) is 23.2. The molecule has 8 atom stereocenters. The molecule has 1 spiro atoms. The third-order valence-corrected chi connectivity index (χ3v) is 7.74. The molecule has 2 aliphatic heterocycles. The van der Waals surface area contributed by atoms with Gasteiger partial charge in [0.05, 0.1) is 36.6 Å². The number of hydrogen-bond acceptors (Lipinski definition) is 10. The van der Waals surface area contributed by atoms with Gasteiger partial charge in [-0.1, -0.05) is 13.0 Å². The van der Waals surface area contributed by atoms with Crippen LogP contribution in [0.4, 0.5) is 0 Å². The molecule has 1 saturated carbocycles. The van der Waals surface area contributed by atoms with Gasteiger partial charge in [0, 0.05) is 20.3 Å². The predicted molar refractivity (Wildman–Crippen MR) is 106 cm³/mol. The third kappa shape index (κ3) is 3.11. The standard InChI is InChI=1S/C22H30O10/c1-11-7-15-21(9-28-12(2)24,8-14(11)31-16(26)5-6-23)20(4)18(30-13(3)25)17(27)19(32-15)22(20)10-29-22/h7,14-15,17-19,23,27H,5-6,8-10H2,1-4H3/t14-,15+,17+,18+,19+,20+,21+,22-/m0/s1. The fraction of sp³-hybridized carbons (Fsp3) is 0.773. The van der Waals surface area contributed by atoms with Gasteiger partial charge in [0.2, 0.25) is 0 Å². The topological polar surface area (TPSA) is 141 Å². The lowest BCUT2D eigenvalue weighted by Crippen LogP contribution is -2.68. The number of carbonyl (C=O) groups is 3. The SMILES string of the molecule is CC(=O)OC[C@]12C[C@H](OC(=O)CCO)C(C)=C[C@H]1O[C@@H]1[C@H](O)[C@@H](OC(C)=O)[C@@]2(C)[C@]12CO2. The Bertz CT molecular complexity index is 848. The van der Waals surface area contributed by atoms with E-state index < -0.39 is 64.9 Å². The number of rotatable bonds is 6. The van der Waals surface area contributed by atoms with Crippen LogP contribution in [0.2, 0.25) is 0 Å². The maximum atomic E-state index is 12.2. The highest BCUT2D eigenvalue weighted by Gasteiger charge is 2.86. The van der Waals surface area contributed by atoms with Crippen molar-refractivity contribution in [3.63, 3.8) is 0 Å². The van der Waals surface area contributed by atoms with Gasteiger partial charge in [0.1, 0.15) is 36.6 Å². The van der Waals surface area contributed by atoms with E-state index in [1.54, 1.807) is 6.92 Å². The summed E-state index contributed by atoms with van der Waals surface area (Å²) in [6.07, 6.45) is -2.27. The van der Waals surface area contributed by atoms with Gasteiger partial charge < -0.3 is 33.9 Å². The first-order chi connectivity index (χ1) is 15.0. The van der Waals surface area contributed by atoms with E-state index in [0.717, 1.165) is 5.57 Å². The van der Waals surface area contributed by atoms with Crippen LogP contribution in [0, 0.1) is 10.8 Å². The molecule has 2 bridgehead atoms. The Morgan fingerprint density at radius 1 is 1.22 bits per heavy atom. The molecule has 4 rings (SSSR count). The second kappa shape index (κ2) is 7.79. The molecule has 32 heavy (non-hydrogen) atoms. The van der Waals surface area contributed by atoms with Gasteiger partial charge in [-0.25, -0.2) is 0 Å². The predicted octanol–water partition coefficient (Wildman–Crippen LogP) is 0.0290. The Balaban J connectivity index is 1.82. The van der Waals surface area contributed by atoms with E-state index in [1.165, 1.54) is 13.8 Å². The van der Waals surface area contributed by atoms with E-state index in [1.807, 2.05) is 13.0 Å². The average molecular weight is 454 g/mol. The molecule has 10 nitrogen and oxygen atoms in total. The van der Waals surface area contributed by atoms with Gasteiger partial charge in [-0.3, -0.25) is 14.4 Å². The highest BCUT2D eigenvalue weighted by molar-refractivity contribution is 5.70. The minimum absolute atomic E-state index is 0.107. The monoisotopic (exact) mass is 454 g/mol. The maximum absolute atomic E-state index is 12.2. The normalized spacial score (nSPS) is 43.8. The van der Waals surface area contributed by atoms with Crippen LogP contribution in [0.1, 0.15) is 40.5 Å². The van der Waals surface area contributed by atoms with Crippen molar-refractivity contribution in [1.82, 2.24) is 0 Å². The second-order valence-electron chi connectivity index (χ2n) is 9.38. The van der Waals surface area contributed by atoms with Crippen molar-refractivity contribution in [2.75, 3.05) is 19.8 Å². The lowest BCUT2D eigenvalue weighted by atomic mass is 9.51. The van der Waals surface area contributed by atoms with Crippen molar-refractivity contribution in [3.8, 4) is 0 Å². The van der Waals surface area contributed by atoms with Gasteiger partial charge >= 0.3 is 17.9 Å². The molecule has 0 aromatic rings. The van der Waals surface area contributed by atoms with Crippen molar-refractivity contribution in [2.45, 2.75) is 76.7 Å². The summed E-state index contributed by atoms with van der Waals surface area (Å²) in [5.41, 5.74) is -2.21. The Kier molecular flexibility index (Phi) is 5.64. The summed E-state index contributed by atoms with van der Waals surface area (Å²) in [6, 6.07) is 0. The van der Waals surface area contributed by atoms with Crippen molar-refractivity contribution < 1.29 is 48.3 Å². The van der Waals surface area contributed by atoms with Crippen LogP contribution < -0.4 is 0 Å². The minimum atomic E-state index is -1.14. The van der Waals surface area contributed by atoms with Gasteiger partial charge in [0.25, 0.3) is 0 Å². The number of carbonyl (C=O) groups excluding carboxylic acids is 3. The quantitative estimate of drug-likeness (QED) is 0.244. The molecule has 0 unspecified atom stereocenters. The van der Waals surface area contributed by atoms with E-state index in [9.17, 15) is 19.5 Å². The summed E-state index contributed by atoms with van der Waals surface area (Å²) < 4.78 is 29.0. The molecule has 2 heterocycles. The molecule has 2 N–H and O–H groups in total. The minimum Gasteiger partial charge on any atom is -0.465 e. The first-order valence-corrected chi connectivity index (χ1v) is 10.8. The van der Waals surface area contributed by atoms with Crippen molar-refractivity contribution in [2.24, 2.45) is 10.8 Å². The third-order valence-electron chi connectivity index (χ3n) is 7.74. The second-order valence-corrected chi connectivity index (χ2v) is 9.38. The van der Waals surface area contributed by atoms with E-state index >= 15 is 0 Å².